The van der Waals surface area contributed by atoms with E-state index in [0.29, 0.717) is 23.4 Å². The van der Waals surface area contributed by atoms with Crippen LogP contribution < -0.4 is 5.63 Å². The smallest absolute Gasteiger partial charge is 0.336 e. The number of nitrogens with zero attached hydrogens (tertiary/aromatic N) is 4. The lowest BCUT2D eigenvalue weighted by molar-refractivity contribution is 0.560. The summed E-state index contributed by atoms with van der Waals surface area (Å²) >= 11 is 0. The van der Waals surface area contributed by atoms with Crippen molar-refractivity contribution in [2.75, 3.05) is 0 Å². The molecule has 2 aromatic carbocycles. The Balaban J connectivity index is 1.49. The lowest BCUT2D eigenvalue weighted by Gasteiger charge is -2.08. The molecule has 5 rings (SSSR count). The van der Waals surface area contributed by atoms with Crippen LogP contribution in [0.25, 0.3) is 33.5 Å². The Morgan fingerprint density at radius 1 is 0.967 bits per heavy atom. The average molecular weight is 398 g/mol. The molecule has 0 aliphatic rings. The zero-order valence-corrected chi connectivity index (χ0v) is 15.7. The standard InChI is InChI=1S/C23H15FN4O2/c24-17-7-5-16(6-8-17)19-12-23(29)30-22-11-15(4-9-18(19)22)13-28-14-21(26-27-28)20-3-1-2-10-25-20/h1-12,14H,13H2. The molecule has 0 amide bonds. The SMILES string of the molecule is O=c1cc(-c2ccc(F)cc2)c2ccc(Cn3cc(-c4ccccn4)nn3)cc2o1. The number of halogens is 1. The van der Waals surface area contributed by atoms with E-state index in [1.807, 2.05) is 42.6 Å². The molecule has 0 saturated carbocycles. The molecule has 0 unspecified atom stereocenters. The quantitative estimate of drug-likeness (QED) is 0.422. The fraction of sp³-hybridized carbons (Fsp3) is 0.0435. The second-order valence-electron chi connectivity index (χ2n) is 6.83. The predicted molar refractivity (Wildman–Crippen MR) is 110 cm³/mol. The molecule has 0 N–H and O–H groups in total. The van der Waals surface area contributed by atoms with Crippen LogP contribution in [0.1, 0.15) is 5.56 Å². The van der Waals surface area contributed by atoms with Crippen molar-refractivity contribution in [3.05, 3.63) is 101 Å². The maximum Gasteiger partial charge on any atom is 0.336 e. The van der Waals surface area contributed by atoms with Gasteiger partial charge >= 0.3 is 5.63 Å². The van der Waals surface area contributed by atoms with Crippen LogP contribution in [0.15, 0.2) is 88.3 Å². The second-order valence-corrected chi connectivity index (χ2v) is 6.83. The van der Waals surface area contributed by atoms with Gasteiger partial charge in [0, 0.05) is 17.6 Å². The third-order valence-electron chi connectivity index (χ3n) is 4.77. The van der Waals surface area contributed by atoms with Crippen LogP contribution in [0.4, 0.5) is 4.39 Å². The van der Waals surface area contributed by atoms with Gasteiger partial charge in [0.25, 0.3) is 0 Å². The van der Waals surface area contributed by atoms with Crippen molar-refractivity contribution >= 4 is 11.0 Å². The van der Waals surface area contributed by atoms with Crippen LogP contribution in [-0.4, -0.2) is 20.0 Å². The molecule has 5 aromatic rings. The molecule has 7 heteroatoms. The number of hydrogen-bond donors (Lipinski definition) is 0. The predicted octanol–water partition coefficient (Wildman–Crippen LogP) is 4.30. The molecule has 0 spiro atoms. The van der Waals surface area contributed by atoms with E-state index in [4.69, 9.17) is 4.42 Å². The molecular formula is C23H15FN4O2. The van der Waals surface area contributed by atoms with Gasteiger partial charge < -0.3 is 4.42 Å². The van der Waals surface area contributed by atoms with Gasteiger partial charge in [-0.25, -0.2) is 13.9 Å². The molecule has 6 nitrogen and oxygen atoms in total. The Bertz CT molecular complexity index is 1390. The van der Waals surface area contributed by atoms with Crippen molar-refractivity contribution in [1.82, 2.24) is 20.0 Å². The zero-order chi connectivity index (χ0) is 20.5. The summed E-state index contributed by atoms with van der Waals surface area (Å²) in [6, 6.07) is 18.7. The summed E-state index contributed by atoms with van der Waals surface area (Å²) in [4.78, 5) is 16.4. The number of rotatable bonds is 4. The van der Waals surface area contributed by atoms with Crippen LogP contribution >= 0.6 is 0 Å². The minimum absolute atomic E-state index is 0.328. The van der Waals surface area contributed by atoms with Gasteiger partial charge in [0.1, 0.15) is 17.1 Å². The van der Waals surface area contributed by atoms with Crippen LogP contribution in [0.5, 0.6) is 0 Å². The van der Waals surface area contributed by atoms with Gasteiger partial charge in [0.05, 0.1) is 18.4 Å². The van der Waals surface area contributed by atoms with E-state index < -0.39 is 5.63 Å². The lowest BCUT2D eigenvalue weighted by Crippen LogP contribution is -2.02. The molecule has 3 heterocycles. The maximum atomic E-state index is 13.3. The first-order valence-electron chi connectivity index (χ1n) is 9.30. The van der Waals surface area contributed by atoms with Crippen LogP contribution in [0.2, 0.25) is 0 Å². The van der Waals surface area contributed by atoms with Gasteiger partial charge in [-0.15, -0.1) is 5.10 Å². The lowest BCUT2D eigenvalue weighted by atomic mass is 10.0. The summed E-state index contributed by atoms with van der Waals surface area (Å²) in [6.45, 7) is 0.459. The first kappa shape index (κ1) is 17.9. The Labute approximate surface area is 170 Å². The normalized spacial score (nSPS) is 11.1. The van der Waals surface area contributed by atoms with Crippen molar-refractivity contribution < 1.29 is 8.81 Å². The molecule has 3 aromatic heterocycles. The molecule has 0 fully saturated rings. The minimum Gasteiger partial charge on any atom is -0.423 e. The molecule has 0 saturated heterocycles. The monoisotopic (exact) mass is 398 g/mol. The largest absolute Gasteiger partial charge is 0.423 e. The van der Waals surface area contributed by atoms with Crippen molar-refractivity contribution in [3.63, 3.8) is 0 Å². The highest BCUT2D eigenvalue weighted by atomic mass is 19.1. The number of hydrogen-bond acceptors (Lipinski definition) is 5. The first-order valence-corrected chi connectivity index (χ1v) is 9.30. The number of aromatic nitrogens is 4. The van der Waals surface area contributed by atoms with E-state index in [-0.39, 0.29) is 5.82 Å². The summed E-state index contributed by atoms with van der Waals surface area (Å²) in [5, 5.41) is 9.10. The van der Waals surface area contributed by atoms with Crippen molar-refractivity contribution in [1.29, 1.82) is 0 Å². The average Bonchev–Trinajstić information content (AvgIpc) is 3.23. The van der Waals surface area contributed by atoms with E-state index >= 15 is 0 Å². The van der Waals surface area contributed by atoms with Crippen LogP contribution in [-0.2, 0) is 6.54 Å². The van der Waals surface area contributed by atoms with Gasteiger partial charge in [-0.3, -0.25) is 4.98 Å². The van der Waals surface area contributed by atoms with Gasteiger partial charge in [0.15, 0.2) is 0 Å². The number of fused-ring (bicyclic) bond motifs is 1. The second kappa shape index (κ2) is 7.36. The van der Waals surface area contributed by atoms with Crippen LogP contribution in [0.3, 0.4) is 0 Å². The highest BCUT2D eigenvalue weighted by Crippen LogP contribution is 2.28. The summed E-state index contributed by atoms with van der Waals surface area (Å²) in [5.41, 5.74) is 3.78. The van der Waals surface area contributed by atoms with Crippen molar-refractivity contribution in [2.45, 2.75) is 6.54 Å². The van der Waals surface area contributed by atoms with E-state index in [0.717, 1.165) is 22.2 Å². The van der Waals surface area contributed by atoms with Gasteiger partial charge in [-0.1, -0.05) is 35.5 Å². The highest BCUT2D eigenvalue weighted by Gasteiger charge is 2.10. The summed E-state index contributed by atoms with van der Waals surface area (Å²) in [7, 11) is 0. The van der Waals surface area contributed by atoms with Gasteiger partial charge in [-0.2, -0.15) is 0 Å². The van der Waals surface area contributed by atoms with Crippen molar-refractivity contribution in [2.24, 2.45) is 0 Å². The van der Waals surface area contributed by atoms with E-state index in [9.17, 15) is 9.18 Å². The highest BCUT2D eigenvalue weighted by molar-refractivity contribution is 5.93. The minimum atomic E-state index is -0.461. The number of pyridine rings is 1. The Kier molecular flexibility index (Phi) is 4.40. The molecule has 146 valence electrons. The number of benzene rings is 2. The fourth-order valence-electron chi connectivity index (χ4n) is 3.37. The van der Waals surface area contributed by atoms with Crippen molar-refractivity contribution in [3.8, 4) is 22.5 Å². The molecule has 0 atom stereocenters. The molecule has 0 radical (unpaired) electrons. The zero-order valence-electron chi connectivity index (χ0n) is 15.7. The molecule has 30 heavy (non-hydrogen) atoms. The van der Waals surface area contributed by atoms with E-state index in [1.165, 1.54) is 18.2 Å². The third kappa shape index (κ3) is 3.48. The Hall–Kier alpha value is -4.13. The molecule has 0 aliphatic carbocycles. The first-order chi connectivity index (χ1) is 14.7. The summed E-state index contributed by atoms with van der Waals surface area (Å²) < 4.78 is 20.4. The summed E-state index contributed by atoms with van der Waals surface area (Å²) in [5.74, 6) is -0.328. The Morgan fingerprint density at radius 2 is 1.83 bits per heavy atom. The molecule has 0 aliphatic heterocycles. The van der Waals surface area contributed by atoms with Gasteiger partial charge in [-0.05, 0) is 47.0 Å². The fourth-order valence-corrected chi connectivity index (χ4v) is 3.37. The summed E-state index contributed by atoms with van der Waals surface area (Å²) in [6.07, 6.45) is 3.52. The topological polar surface area (TPSA) is 73.8 Å². The van der Waals surface area contributed by atoms with E-state index in [2.05, 4.69) is 15.3 Å². The van der Waals surface area contributed by atoms with Crippen LogP contribution in [0, 0.1) is 5.82 Å². The van der Waals surface area contributed by atoms with E-state index in [1.54, 1.807) is 23.0 Å². The molecule has 0 bridgehead atoms. The Morgan fingerprint density at radius 3 is 2.63 bits per heavy atom. The maximum absolute atomic E-state index is 13.3. The van der Waals surface area contributed by atoms with Gasteiger partial charge in [0.2, 0.25) is 0 Å². The molecular weight excluding hydrogens is 383 g/mol. The third-order valence-corrected chi connectivity index (χ3v) is 4.77.